The van der Waals surface area contributed by atoms with Crippen LogP contribution in [0.15, 0.2) is 6.07 Å². The molecule has 1 aromatic carbocycles. The molecule has 1 aromatic rings. The summed E-state index contributed by atoms with van der Waals surface area (Å²) in [6.45, 7) is 5.31. The summed E-state index contributed by atoms with van der Waals surface area (Å²) >= 11 is 0. The summed E-state index contributed by atoms with van der Waals surface area (Å²) in [5.41, 5.74) is 0.863. The highest BCUT2D eigenvalue weighted by molar-refractivity contribution is 5.56. The van der Waals surface area contributed by atoms with E-state index in [2.05, 4.69) is 0 Å². The van der Waals surface area contributed by atoms with Crippen LogP contribution < -0.4 is 0 Å². The Bertz CT molecular complexity index is 329. The van der Waals surface area contributed by atoms with Gasteiger partial charge in [-0.25, -0.2) is 0 Å². The third-order valence-electron chi connectivity index (χ3n) is 2.15. The van der Waals surface area contributed by atoms with E-state index < -0.39 is 0 Å². The first-order valence-corrected chi connectivity index (χ1v) is 4.19. The summed E-state index contributed by atoms with van der Waals surface area (Å²) in [7, 11) is 0. The first-order valence-electron chi connectivity index (χ1n) is 4.19. The van der Waals surface area contributed by atoms with E-state index in [0.29, 0.717) is 11.1 Å². The molecule has 3 heteroatoms. The number of hydrogen-bond donors (Lipinski definition) is 3. The van der Waals surface area contributed by atoms with Crippen LogP contribution >= 0.6 is 0 Å². The second-order valence-electron chi connectivity index (χ2n) is 3.46. The Morgan fingerprint density at radius 2 is 1.62 bits per heavy atom. The molecule has 0 bridgehead atoms. The van der Waals surface area contributed by atoms with Gasteiger partial charge in [-0.15, -0.1) is 0 Å². The Morgan fingerprint density at radius 3 is 2.08 bits per heavy atom. The first-order chi connectivity index (χ1) is 5.95. The van der Waals surface area contributed by atoms with E-state index in [1.54, 1.807) is 6.92 Å². The molecule has 0 heterocycles. The first kappa shape index (κ1) is 9.71. The average Bonchev–Trinajstić information content (AvgIpc) is 2.07. The lowest BCUT2D eigenvalue weighted by Crippen LogP contribution is -1.90. The maximum Gasteiger partial charge on any atom is 0.164 e. The second kappa shape index (κ2) is 3.17. The number of phenols is 3. The van der Waals surface area contributed by atoms with Crippen LogP contribution in [0.3, 0.4) is 0 Å². The molecular formula is C10H14O3. The number of aromatic hydroxyl groups is 3. The van der Waals surface area contributed by atoms with Crippen molar-refractivity contribution in [3.8, 4) is 17.2 Å². The molecule has 0 fully saturated rings. The molecule has 0 aliphatic heterocycles. The van der Waals surface area contributed by atoms with Crippen LogP contribution in [0.25, 0.3) is 0 Å². The van der Waals surface area contributed by atoms with Crippen molar-refractivity contribution in [2.24, 2.45) is 0 Å². The lowest BCUT2D eigenvalue weighted by Gasteiger charge is -2.12. The molecule has 0 saturated heterocycles. The molecular weight excluding hydrogens is 168 g/mol. The van der Waals surface area contributed by atoms with E-state index in [1.807, 2.05) is 13.8 Å². The van der Waals surface area contributed by atoms with E-state index in [4.69, 9.17) is 0 Å². The van der Waals surface area contributed by atoms with Crippen molar-refractivity contribution in [1.29, 1.82) is 0 Å². The fourth-order valence-corrected chi connectivity index (χ4v) is 1.20. The van der Waals surface area contributed by atoms with Gasteiger partial charge < -0.3 is 15.3 Å². The third-order valence-corrected chi connectivity index (χ3v) is 2.15. The van der Waals surface area contributed by atoms with Crippen molar-refractivity contribution in [3.63, 3.8) is 0 Å². The van der Waals surface area contributed by atoms with Gasteiger partial charge in [0, 0.05) is 11.1 Å². The fourth-order valence-electron chi connectivity index (χ4n) is 1.20. The Labute approximate surface area is 77.3 Å². The van der Waals surface area contributed by atoms with Crippen molar-refractivity contribution in [3.05, 3.63) is 17.2 Å². The molecule has 3 nitrogen and oxygen atoms in total. The summed E-state index contributed by atoms with van der Waals surface area (Å²) < 4.78 is 0. The van der Waals surface area contributed by atoms with Gasteiger partial charge >= 0.3 is 0 Å². The highest BCUT2D eigenvalue weighted by atomic mass is 16.3. The summed E-state index contributed by atoms with van der Waals surface area (Å²) in [6.07, 6.45) is 0. The Kier molecular flexibility index (Phi) is 2.36. The Balaban J connectivity index is 3.41. The number of phenolic OH excluding ortho intramolecular Hbond substituents is 3. The summed E-state index contributed by atoms with van der Waals surface area (Å²) in [5.74, 6) is -0.287. The van der Waals surface area contributed by atoms with Crippen molar-refractivity contribution in [1.82, 2.24) is 0 Å². The lowest BCUT2D eigenvalue weighted by atomic mass is 9.99. The second-order valence-corrected chi connectivity index (χ2v) is 3.46. The van der Waals surface area contributed by atoms with Crippen molar-refractivity contribution < 1.29 is 15.3 Å². The van der Waals surface area contributed by atoms with E-state index in [-0.39, 0.29) is 23.2 Å². The van der Waals surface area contributed by atoms with Gasteiger partial charge in [-0.3, -0.25) is 0 Å². The van der Waals surface area contributed by atoms with Crippen LogP contribution in [0.1, 0.15) is 30.9 Å². The van der Waals surface area contributed by atoms with Gasteiger partial charge in [0.1, 0.15) is 5.75 Å². The summed E-state index contributed by atoms with van der Waals surface area (Å²) in [4.78, 5) is 0. The third kappa shape index (κ3) is 1.54. The molecule has 0 aliphatic carbocycles. The SMILES string of the molecule is Cc1c(O)cc(C(C)C)c(O)c1O. The largest absolute Gasteiger partial charge is 0.508 e. The van der Waals surface area contributed by atoms with Crippen molar-refractivity contribution >= 4 is 0 Å². The lowest BCUT2D eigenvalue weighted by molar-refractivity contribution is 0.386. The smallest absolute Gasteiger partial charge is 0.164 e. The molecule has 0 aromatic heterocycles. The highest BCUT2D eigenvalue weighted by Crippen LogP contribution is 2.40. The quantitative estimate of drug-likeness (QED) is 0.461. The van der Waals surface area contributed by atoms with Crippen LogP contribution in [0.2, 0.25) is 0 Å². The number of benzene rings is 1. The minimum atomic E-state index is -0.233. The van der Waals surface area contributed by atoms with E-state index in [9.17, 15) is 15.3 Å². The molecule has 0 aliphatic rings. The number of hydrogen-bond acceptors (Lipinski definition) is 3. The minimum absolute atomic E-state index is 0.0130. The minimum Gasteiger partial charge on any atom is -0.508 e. The number of rotatable bonds is 1. The molecule has 0 spiro atoms. The zero-order valence-electron chi connectivity index (χ0n) is 8.00. The summed E-state index contributed by atoms with van der Waals surface area (Å²) in [6, 6.07) is 1.48. The van der Waals surface area contributed by atoms with Crippen molar-refractivity contribution in [2.45, 2.75) is 26.7 Å². The molecule has 3 N–H and O–H groups in total. The van der Waals surface area contributed by atoms with E-state index in [0.717, 1.165) is 0 Å². The van der Waals surface area contributed by atoms with Gasteiger partial charge in [0.15, 0.2) is 11.5 Å². The summed E-state index contributed by atoms with van der Waals surface area (Å²) in [5, 5.41) is 28.3. The van der Waals surface area contributed by atoms with Gasteiger partial charge in [-0.2, -0.15) is 0 Å². The molecule has 72 valence electrons. The maximum absolute atomic E-state index is 9.51. The molecule has 0 atom stereocenters. The highest BCUT2D eigenvalue weighted by Gasteiger charge is 2.15. The van der Waals surface area contributed by atoms with Crippen molar-refractivity contribution in [2.75, 3.05) is 0 Å². The normalized spacial score (nSPS) is 10.8. The molecule has 0 amide bonds. The van der Waals surface area contributed by atoms with Gasteiger partial charge in [-0.05, 0) is 18.9 Å². The molecule has 1 rings (SSSR count). The predicted octanol–water partition coefficient (Wildman–Crippen LogP) is 2.24. The molecule has 13 heavy (non-hydrogen) atoms. The molecule has 0 saturated carbocycles. The van der Waals surface area contributed by atoms with Gasteiger partial charge in [0.05, 0.1) is 0 Å². The van der Waals surface area contributed by atoms with Gasteiger partial charge in [-0.1, -0.05) is 13.8 Å². The monoisotopic (exact) mass is 182 g/mol. The van der Waals surface area contributed by atoms with Crippen LogP contribution in [-0.2, 0) is 0 Å². The van der Waals surface area contributed by atoms with Crippen LogP contribution in [-0.4, -0.2) is 15.3 Å². The average molecular weight is 182 g/mol. The maximum atomic E-state index is 9.51. The van der Waals surface area contributed by atoms with Crippen LogP contribution in [0.5, 0.6) is 17.2 Å². The van der Waals surface area contributed by atoms with Gasteiger partial charge in [0.2, 0.25) is 0 Å². The zero-order valence-corrected chi connectivity index (χ0v) is 8.00. The Morgan fingerprint density at radius 1 is 1.08 bits per heavy atom. The molecule has 0 radical (unpaired) electrons. The topological polar surface area (TPSA) is 60.7 Å². The molecule has 0 unspecified atom stereocenters. The zero-order chi connectivity index (χ0) is 10.2. The van der Waals surface area contributed by atoms with E-state index >= 15 is 0 Å². The predicted molar refractivity (Wildman–Crippen MR) is 50.3 cm³/mol. The van der Waals surface area contributed by atoms with Crippen LogP contribution in [0, 0.1) is 6.92 Å². The van der Waals surface area contributed by atoms with E-state index in [1.165, 1.54) is 6.07 Å². The fraction of sp³-hybridized carbons (Fsp3) is 0.400. The van der Waals surface area contributed by atoms with Gasteiger partial charge in [0.25, 0.3) is 0 Å². The van der Waals surface area contributed by atoms with Crippen LogP contribution in [0.4, 0.5) is 0 Å². The Hall–Kier alpha value is -1.38. The standard InChI is InChI=1S/C10H14O3/c1-5(2)7-4-8(11)6(3)9(12)10(7)13/h4-5,11-13H,1-3H3.